The molecule has 0 atom stereocenters. The molecule has 31 heavy (non-hydrogen) atoms. The summed E-state index contributed by atoms with van der Waals surface area (Å²) in [6.45, 7) is 1.82. The van der Waals surface area contributed by atoms with Gasteiger partial charge in [-0.15, -0.1) is 0 Å². The minimum atomic E-state index is -2.05. The van der Waals surface area contributed by atoms with E-state index < -0.39 is 7.26 Å². The van der Waals surface area contributed by atoms with Crippen molar-refractivity contribution in [1.29, 1.82) is 0 Å². The monoisotopic (exact) mass is 425 g/mol. The molecule has 0 aliphatic carbocycles. The smallest absolute Gasteiger partial charge is 0.310 e. The van der Waals surface area contributed by atoms with Crippen molar-refractivity contribution in [2.75, 3.05) is 0 Å². The van der Waals surface area contributed by atoms with Gasteiger partial charge in [0.1, 0.15) is 35.1 Å². The van der Waals surface area contributed by atoms with Crippen molar-refractivity contribution >= 4 is 29.1 Å². The van der Waals surface area contributed by atoms with Crippen LogP contribution in [0.3, 0.4) is 0 Å². The van der Waals surface area contributed by atoms with Gasteiger partial charge in [-0.2, -0.15) is 0 Å². The normalized spacial score (nSPS) is 11.1. The Morgan fingerprint density at radius 1 is 0.645 bits per heavy atom. The standard InChI is InChI=1S/C28H26O2P/c1-2-28(29)30-27-21-13-12-14-23(27)22-31(24-15-6-3-7-16-24,25-17-8-4-9-18-25)26-19-10-5-11-20-26/h3-21H,2,22H2,1H3/q+1. The van der Waals surface area contributed by atoms with Crippen molar-refractivity contribution in [1.82, 2.24) is 0 Å². The maximum absolute atomic E-state index is 12.1. The molecule has 2 nitrogen and oxygen atoms in total. The summed E-state index contributed by atoms with van der Waals surface area (Å²) >= 11 is 0. The van der Waals surface area contributed by atoms with Gasteiger partial charge < -0.3 is 4.74 Å². The number of carbonyl (C=O) groups excluding carboxylic acids is 1. The van der Waals surface area contributed by atoms with Crippen LogP contribution in [-0.2, 0) is 11.0 Å². The number of rotatable bonds is 7. The largest absolute Gasteiger partial charge is 0.426 e. The Kier molecular flexibility index (Phi) is 6.60. The van der Waals surface area contributed by atoms with Gasteiger partial charge in [0.2, 0.25) is 0 Å². The third-order valence-electron chi connectivity index (χ3n) is 5.48. The van der Waals surface area contributed by atoms with E-state index in [9.17, 15) is 4.79 Å². The lowest BCUT2D eigenvalue weighted by Crippen LogP contribution is -2.32. The van der Waals surface area contributed by atoms with Gasteiger partial charge in [0.25, 0.3) is 0 Å². The fourth-order valence-electron chi connectivity index (χ4n) is 3.95. The van der Waals surface area contributed by atoms with Crippen LogP contribution in [0.1, 0.15) is 18.9 Å². The Labute approximate surface area is 184 Å². The predicted octanol–water partition coefficient (Wildman–Crippen LogP) is 5.50. The maximum Gasteiger partial charge on any atom is 0.310 e. The van der Waals surface area contributed by atoms with E-state index in [2.05, 4.69) is 97.1 Å². The summed E-state index contributed by atoms with van der Waals surface area (Å²) in [5.41, 5.74) is 1.05. The first-order valence-corrected chi connectivity index (χ1v) is 12.5. The van der Waals surface area contributed by atoms with Crippen LogP contribution in [0.4, 0.5) is 0 Å². The number of esters is 1. The molecule has 3 heteroatoms. The van der Waals surface area contributed by atoms with Gasteiger partial charge in [0, 0.05) is 12.0 Å². The third-order valence-corrected chi connectivity index (χ3v) is 9.84. The van der Waals surface area contributed by atoms with Gasteiger partial charge in [-0.1, -0.05) is 79.7 Å². The van der Waals surface area contributed by atoms with E-state index >= 15 is 0 Å². The van der Waals surface area contributed by atoms with E-state index in [4.69, 9.17) is 4.74 Å². The minimum absolute atomic E-state index is 0.212. The molecule has 4 rings (SSSR count). The van der Waals surface area contributed by atoms with Gasteiger partial charge in [-0.05, 0) is 42.5 Å². The van der Waals surface area contributed by atoms with E-state index in [-0.39, 0.29) is 5.97 Å². The van der Waals surface area contributed by atoms with Crippen molar-refractivity contribution in [3.63, 3.8) is 0 Å². The van der Waals surface area contributed by atoms with Crippen LogP contribution < -0.4 is 20.7 Å². The highest BCUT2D eigenvalue weighted by atomic mass is 31.2. The molecule has 0 bridgehead atoms. The molecule has 0 fully saturated rings. The molecule has 0 aliphatic rings. The molecule has 0 heterocycles. The highest BCUT2D eigenvalue weighted by Gasteiger charge is 2.46. The Bertz CT molecular complexity index is 1030. The summed E-state index contributed by atoms with van der Waals surface area (Å²) in [5, 5.41) is 3.93. The Balaban J connectivity index is 1.95. The summed E-state index contributed by atoms with van der Waals surface area (Å²) < 4.78 is 5.73. The number of hydrogen-bond acceptors (Lipinski definition) is 2. The van der Waals surface area contributed by atoms with E-state index in [0.29, 0.717) is 12.2 Å². The highest BCUT2D eigenvalue weighted by molar-refractivity contribution is 7.95. The second-order valence-corrected chi connectivity index (χ2v) is 10.9. The van der Waals surface area contributed by atoms with E-state index in [1.54, 1.807) is 0 Å². The Hall–Kier alpha value is -3.22. The fourth-order valence-corrected chi connectivity index (χ4v) is 8.21. The van der Waals surface area contributed by atoms with Crippen LogP contribution in [0.2, 0.25) is 0 Å². The second-order valence-electron chi connectivity index (χ2n) is 7.41. The molecule has 0 spiro atoms. The Morgan fingerprint density at radius 3 is 1.52 bits per heavy atom. The average Bonchev–Trinajstić information content (AvgIpc) is 2.85. The van der Waals surface area contributed by atoms with Gasteiger partial charge in [0.15, 0.2) is 0 Å². The van der Waals surface area contributed by atoms with E-state index in [1.807, 2.05) is 25.1 Å². The molecule has 0 unspecified atom stereocenters. The molecular formula is C28H26O2P+. The predicted molar refractivity (Wildman–Crippen MR) is 131 cm³/mol. The first kappa shape index (κ1) is 21.0. The topological polar surface area (TPSA) is 26.3 Å². The molecule has 0 aromatic heterocycles. The lowest BCUT2D eigenvalue weighted by molar-refractivity contribution is -0.134. The fraction of sp³-hybridized carbons (Fsp3) is 0.107. The first-order valence-electron chi connectivity index (χ1n) is 10.6. The molecule has 154 valence electrons. The molecule has 4 aromatic carbocycles. The number of benzene rings is 4. The highest BCUT2D eigenvalue weighted by Crippen LogP contribution is 2.58. The average molecular weight is 425 g/mol. The van der Waals surface area contributed by atoms with Crippen LogP contribution in [0.15, 0.2) is 115 Å². The number of para-hydroxylation sites is 1. The molecule has 0 amide bonds. The van der Waals surface area contributed by atoms with Crippen molar-refractivity contribution < 1.29 is 9.53 Å². The van der Waals surface area contributed by atoms with Crippen LogP contribution in [0, 0.1) is 0 Å². The number of ether oxygens (including phenoxy) is 1. The SMILES string of the molecule is CCC(=O)Oc1ccccc1C[P+](c1ccccc1)(c1ccccc1)c1ccccc1. The number of hydrogen-bond donors (Lipinski definition) is 0. The summed E-state index contributed by atoms with van der Waals surface area (Å²) in [5.74, 6) is 0.442. The first-order chi connectivity index (χ1) is 15.2. The molecule has 0 saturated carbocycles. The summed E-state index contributed by atoms with van der Waals surface area (Å²) in [7, 11) is -2.05. The van der Waals surface area contributed by atoms with Crippen molar-refractivity contribution in [2.45, 2.75) is 19.5 Å². The lowest BCUT2D eigenvalue weighted by Gasteiger charge is -2.28. The molecular weight excluding hydrogens is 399 g/mol. The summed E-state index contributed by atoms with van der Waals surface area (Å²) in [6, 6.07) is 40.2. The zero-order valence-corrected chi connectivity index (χ0v) is 18.5. The van der Waals surface area contributed by atoms with Crippen LogP contribution in [0.5, 0.6) is 5.75 Å². The Morgan fingerprint density at radius 2 is 1.06 bits per heavy atom. The second kappa shape index (κ2) is 9.73. The van der Waals surface area contributed by atoms with E-state index in [0.717, 1.165) is 11.7 Å². The van der Waals surface area contributed by atoms with Crippen molar-refractivity contribution in [3.8, 4) is 5.75 Å². The van der Waals surface area contributed by atoms with Gasteiger partial charge >= 0.3 is 5.97 Å². The van der Waals surface area contributed by atoms with Gasteiger partial charge in [0.05, 0.1) is 0 Å². The van der Waals surface area contributed by atoms with Gasteiger partial charge in [-0.25, -0.2) is 0 Å². The van der Waals surface area contributed by atoms with E-state index in [1.165, 1.54) is 15.9 Å². The number of carbonyl (C=O) groups is 1. The summed E-state index contributed by atoms with van der Waals surface area (Å²) in [4.78, 5) is 12.1. The zero-order valence-electron chi connectivity index (χ0n) is 17.6. The summed E-state index contributed by atoms with van der Waals surface area (Å²) in [6.07, 6.45) is 1.13. The van der Waals surface area contributed by atoms with Crippen LogP contribution in [-0.4, -0.2) is 5.97 Å². The van der Waals surface area contributed by atoms with Crippen molar-refractivity contribution in [2.24, 2.45) is 0 Å². The molecule has 0 N–H and O–H groups in total. The van der Waals surface area contributed by atoms with Crippen molar-refractivity contribution in [3.05, 3.63) is 121 Å². The molecule has 0 saturated heterocycles. The maximum atomic E-state index is 12.1. The van der Waals surface area contributed by atoms with Gasteiger partial charge in [-0.3, -0.25) is 4.79 Å². The quantitative estimate of drug-likeness (QED) is 0.222. The van der Waals surface area contributed by atoms with Crippen LogP contribution >= 0.6 is 7.26 Å². The molecule has 0 aliphatic heterocycles. The molecule has 0 radical (unpaired) electrons. The molecule has 4 aromatic rings. The third kappa shape index (κ3) is 4.45. The van der Waals surface area contributed by atoms with Crippen LogP contribution in [0.25, 0.3) is 0 Å². The zero-order chi connectivity index (χ0) is 21.5. The lowest BCUT2D eigenvalue weighted by atomic mass is 10.2. The minimum Gasteiger partial charge on any atom is -0.426 e.